The second kappa shape index (κ2) is 6.12. The number of phenolic OH excluding ortho intramolecular Hbond substituents is 1. The lowest BCUT2D eigenvalue weighted by Gasteiger charge is -2.02. The van der Waals surface area contributed by atoms with E-state index in [1.807, 2.05) is 60.7 Å². The lowest BCUT2D eigenvalue weighted by molar-refractivity contribution is 0.463. The summed E-state index contributed by atoms with van der Waals surface area (Å²) in [4.78, 5) is 0.585. The lowest BCUT2D eigenvalue weighted by Crippen LogP contribution is -1.76. The summed E-state index contributed by atoms with van der Waals surface area (Å²) >= 11 is 4.16. The van der Waals surface area contributed by atoms with Gasteiger partial charge in [-0.15, -0.1) is 12.6 Å². The molecule has 0 saturated heterocycles. The summed E-state index contributed by atoms with van der Waals surface area (Å²) in [5, 5.41) is 9.69. The molecule has 2 rings (SSSR count). The third kappa shape index (κ3) is 3.28. The van der Waals surface area contributed by atoms with Crippen molar-refractivity contribution in [1.82, 2.24) is 0 Å². The maximum atomic E-state index is 9.69. The van der Waals surface area contributed by atoms with Crippen molar-refractivity contribution in [1.29, 1.82) is 0 Å². The molecule has 0 fully saturated rings. The first-order valence-electron chi connectivity index (χ1n) is 5.68. The van der Waals surface area contributed by atoms with Gasteiger partial charge in [0.05, 0.1) is 0 Å². The Hall–Kier alpha value is -1.93. The molecule has 18 heavy (non-hydrogen) atoms. The first kappa shape index (κ1) is 12.5. The highest BCUT2D eigenvalue weighted by atomic mass is 32.1. The van der Waals surface area contributed by atoms with Crippen LogP contribution in [0, 0.1) is 0 Å². The Labute approximate surface area is 112 Å². The molecule has 2 heteroatoms. The summed E-state index contributed by atoms with van der Waals surface area (Å²) in [6.07, 6.45) is 0. The van der Waals surface area contributed by atoms with Crippen molar-refractivity contribution in [3.8, 4) is 16.9 Å². The van der Waals surface area contributed by atoms with Gasteiger partial charge in [0, 0.05) is 4.90 Å². The molecule has 2 aromatic carbocycles. The maximum Gasteiger partial charge on any atom is 0.129 e. The Kier molecular flexibility index (Phi) is 4.26. The standard InChI is InChI=1S/C16H14OS/c17-15-12-14(10-11-16(15)18)13-8-6-4-2-1-3-5-7-9-13/h1-12,17-18H. The normalized spacial score (nSPS) is 9.61. The summed E-state index contributed by atoms with van der Waals surface area (Å²) in [7, 11) is 0. The zero-order valence-electron chi connectivity index (χ0n) is 9.82. The topological polar surface area (TPSA) is 20.2 Å². The lowest BCUT2D eigenvalue weighted by atomic mass is 10.1. The highest BCUT2D eigenvalue weighted by molar-refractivity contribution is 7.80. The predicted octanol–water partition coefficient (Wildman–Crippen LogP) is 4.47. The molecule has 0 unspecified atom stereocenters. The molecule has 0 aliphatic heterocycles. The van der Waals surface area contributed by atoms with Crippen LogP contribution in [0.5, 0.6) is 5.75 Å². The molecule has 0 heterocycles. The van der Waals surface area contributed by atoms with Crippen LogP contribution in [-0.4, -0.2) is 5.11 Å². The van der Waals surface area contributed by atoms with E-state index in [9.17, 15) is 5.11 Å². The Bertz CT molecular complexity index is 567. The monoisotopic (exact) mass is 254 g/mol. The van der Waals surface area contributed by atoms with E-state index < -0.39 is 0 Å². The van der Waals surface area contributed by atoms with Crippen LogP contribution in [0.2, 0.25) is 0 Å². The van der Waals surface area contributed by atoms with E-state index in [0.29, 0.717) is 4.90 Å². The van der Waals surface area contributed by atoms with Crippen molar-refractivity contribution >= 4 is 12.6 Å². The van der Waals surface area contributed by atoms with Gasteiger partial charge in [0.1, 0.15) is 5.75 Å². The SMILES string of the molecule is Oc1cc(-c2ccccccccc2)ccc1S. The van der Waals surface area contributed by atoms with Gasteiger partial charge < -0.3 is 5.11 Å². The predicted molar refractivity (Wildman–Crippen MR) is 78.4 cm³/mol. The third-order valence-corrected chi connectivity index (χ3v) is 2.91. The Balaban J connectivity index is 2.53. The molecule has 0 aromatic heterocycles. The fraction of sp³-hybridized carbons (Fsp3) is 0. The minimum Gasteiger partial charge on any atom is -0.507 e. The third-order valence-electron chi connectivity index (χ3n) is 2.53. The number of thiol groups is 1. The molecular weight excluding hydrogens is 240 g/mol. The average Bonchev–Trinajstić information content (AvgIpc) is 2.39. The average molecular weight is 254 g/mol. The van der Waals surface area contributed by atoms with E-state index in [4.69, 9.17) is 0 Å². The minimum atomic E-state index is 0.196. The smallest absolute Gasteiger partial charge is 0.129 e. The molecule has 90 valence electrons. The quantitative estimate of drug-likeness (QED) is 0.719. The van der Waals surface area contributed by atoms with Crippen molar-refractivity contribution in [2.24, 2.45) is 0 Å². The molecule has 0 amide bonds. The van der Waals surface area contributed by atoms with Crippen LogP contribution >= 0.6 is 12.6 Å². The van der Waals surface area contributed by atoms with Crippen LogP contribution < -0.4 is 0 Å². The first-order chi connectivity index (χ1) is 8.77. The first-order valence-corrected chi connectivity index (χ1v) is 6.13. The number of rotatable bonds is 1. The van der Waals surface area contributed by atoms with Gasteiger partial charge in [0.2, 0.25) is 0 Å². The van der Waals surface area contributed by atoms with Crippen LogP contribution in [0.25, 0.3) is 11.1 Å². The fourth-order valence-corrected chi connectivity index (χ4v) is 1.73. The summed E-state index contributed by atoms with van der Waals surface area (Å²) in [6.45, 7) is 0. The summed E-state index contributed by atoms with van der Waals surface area (Å²) in [5.41, 5.74) is 2.00. The highest BCUT2D eigenvalue weighted by Crippen LogP contribution is 2.27. The van der Waals surface area contributed by atoms with Crippen molar-refractivity contribution in [3.63, 3.8) is 0 Å². The molecule has 0 bridgehead atoms. The number of hydrogen-bond acceptors (Lipinski definition) is 2. The largest absolute Gasteiger partial charge is 0.507 e. The minimum absolute atomic E-state index is 0.196. The number of phenols is 1. The van der Waals surface area contributed by atoms with Crippen molar-refractivity contribution in [3.05, 3.63) is 72.8 Å². The highest BCUT2D eigenvalue weighted by Gasteiger charge is 1.99. The van der Waals surface area contributed by atoms with E-state index in [1.165, 1.54) is 0 Å². The van der Waals surface area contributed by atoms with Gasteiger partial charge >= 0.3 is 0 Å². The molecule has 1 N–H and O–H groups in total. The van der Waals surface area contributed by atoms with Crippen LogP contribution in [0.1, 0.15) is 0 Å². The zero-order valence-corrected chi connectivity index (χ0v) is 10.7. The van der Waals surface area contributed by atoms with E-state index in [2.05, 4.69) is 12.6 Å². The molecular formula is C16H14OS. The van der Waals surface area contributed by atoms with Crippen LogP contribution in [0.15, 0.2) is 77.7 Å². The van der Waals surface area contributed by atoms with E-state index in [1.54, 1.807) is 12.1 Å². The number of hydrogen-bond donors (Lipinski definition) is 2. The molecule has 0 aliphatic carbocycles. The zero-order chi connectivity index (χ0) is 12.8. The second-order valence-electron chi connectivity index (χ2n) is 3.84. The fourth-order valence-electron chi connectivity index (χ4n) is 1.59. The Morgan fingerprint density at radius 3 is 1.78 bits per heavy atom. The molecule has 0 saturated carbocycles. The van der Waals surface area contributed by atoms with Crippen LogP contribution in [0.3, 0.4) is 0 Å². The van der Waals surface area contributed by atoms with Gasteiger partial charge in [-0.25, -0.2) is 0 Å². The van der Waals surface area contributed by atoms with Gasteiger partial charge in [0.25, 0.3) is 0 Å². The number of benzene rings is 1. The van der Waals surface area contributed by atoms with Crippen molar-refractivity contribution in [2.45, 2.75) is 4.90 Å². The molecule has 1 nitrogen and oxygen atoms in total. The van der Waals surface area contributed by atoms with Crippen molar-refractivity contribution in [2.75, 3.05) is 0 Å². The summed E-state index contributed by atoms with van der Waals surface area (Å²) in [6, 6.07) is 23.3. The van der Waals surface area contributed by atoms with E-state index in [0.717, 1.165) is 11.1 Å². The summed E-state index contributed by atoms with van der Waals surface area (Å²) < 4.78 is 0. The van der Waals surface area contributed by atoms with Crippen molar-refractivity contribution < 1.29 is 5.11 Å². The Morgan fingerprint density at radius 2 is 1.22 bits per heavy atom. The summed E-state index contributed by atoms with van der Waals surface area (Å²) in [5.74, 6) is 0.196. The van der Waals surface area contributed by atoms with Gasteiger partial charge in [0.15, 0.2) is 0 Å². The van der Waals surface area contributed by atoms with Crippen LogP contribution in [-0.2, 0) is 0 Å². The number of aromatic hydroxyl groups is 1. The maximum absolute atomic E-state index is 9.69. The second-order valence-corrected chi connectivity index (χ2v) is 4.32. The van der Waals surface area contributed by atoms with E-state index in [-0.39, 0.29) is 5.75 Å². The molecule has 0 radical (unpaired) electrons. The molecule has 0 spiro atoms. The van der Waals surface area contributed by atoms with Crippen LogP contribution in [0.4, 0.5) is 0 Å². The Morgan fingerprint density at radius 1 is 0.667 bits per heavy atom. The van der Waals surface area contributed by atoms with Gasteiger partial charge in [-0.2, -0.15) is 0 Å². The molecule has 2 aromatic rings. The van der Waals surface area contributed by atoms with Gasteiger partial charge in [-0.05, 0) is 23.3 Å². The molecule has 0 atom stereocenters. The van der Waals surface area contributed by atoms with Gasteiger partial charge in [-0.3, -0.25) is 0 Å². The van der Waals surface area contributed by atoms with E-state index >= 15 is 0 Å². The van der Waals surface area contributed by atoms with Gasteiger partial charge in [-0.1, -0.05) is 60.7 Å². The molecule has 0 aliphatic rings.